The Kier molecular flexibility index (Phi) is 2.10. The zero-order chi connectivity index (χ0) is 8.27. The molecule has 11 heavy (non-hydrogen) atoms. The van der Waals surface area contributed by atoms with Crippen molar-refractivity contribution in [2.24, 2.45) is 7.05 Å². The molecule has 1 heterocycles. The van der Waals surface area contributed by atoms with Crippen molar-refractivity contribution in [3.63, 3.8) is 0 Å². The van der Waals surface area contributed by atoms with Crippen LogP contribution in [-0.2, 0) is 13.6 Å². The molecule has 0 aromatic carbocycles. The Morgan fingerprint density at radius 3 is 3.09 bits per heavy atom. The van der Waals surface area contributed by atoms with Gasteiger partial charge in [-0.25, -0.2) is 9.78 Å². The molecule has 0 radical (unpaired) electrons. The van der Waals surface area contributed by atoms with Crippen LogP contribution in [0, 0.1) is 0 Å². The zero-order valence-electron chi connectivity index (χ0n) is 6.11. The molecule has 1 amide bonds. The van der Waals surface area contributed by atoms with Gasteiger partial charge in [0.2, 0.25) is 0 Å². The number of hydrogen-bond acceptors (Lipinski definition) is 2. The van der Waals surface area contributed by atoms with E-state index >= 15 is 0 Å². The van der Waals surface area contributed by atoms with Crippen molar-refractivity contribution in [3.8, 4) is 0 Å². The van der Waals surface area contributed by atoms with E-state index in [1.54, 1.807) is 17.1 Å². The average Bonchev–Trinajstić information content (AvgIpc) is 2.31. The Hall–Kier alpha value is -1.52. The van der Waals surface area contributed by atoms with E-state index in [4.69, 9.17) is 5.11 Å². The summed E-state index contributed by atoms with van der Waals surface area (Å²) >= 11 is 0. The summed E-state index contributed by atoms with van der Waals surface area (Å²) in [6.45, 7) is 0.297. The van der Waals surface area contributed by atoms with Crippen LogP contribution in [0.15, 0.2) is 12.5 Å². The molecule has 0 saturated carbocycles. The topological polar surface area (TPSA) is 67.2 Å². The highest BCUT2D eigenvalue weighted by Crippen LogP contribution is 1.93. The second-order valence-electron chi connectivity index (χ2n) is 2.15. The third-order valence-corrected chi connectivity index (χ3v) is 1.34. The minimum Gasteiger partial charge on any atom is -0.465 e. The number of carboxylic acid groups (broad SMARTS) is 1. The van der Waals surface area contributed by atoms with Gasteiger partial charge in [-0.1, -0.05) is 0 Å². The fourth-order valence-electron chi connectivity index (χ4n) is 0.721. The number of rotatable bonds is 2. The van der Waals surface area contributed by atoms with E-state index in [1.807, 2.05) is 7.05 Å². The third kappa shape index (κ3) is 1.96. The predicted octanol–water partition coefficient (Wildman–Crippen LogP) is 0.188. The van der Waals surface area contributed by atoms with Gasteiger partial charge in [-0.2, -0.15) is 0 Å². The van der Waals surface area contributed by atoms with Crippen LogP contribution in [0.5, 0.6) is 0 Å². The maximum Gasteiger partial charge on any atom is 0.404 e. The highest BCUT2D eigenvalue weighted by Gasteiger charge is 1.98. The maximum atomic E-state index is 10.1. The molecule has 5 heteroatoms. The molecule has 1 rings (SSSR count). The summed E-state index contributed by atoms with van der Waals surface area (Å²) in [4.78, 5) is 13.9. The molecule has 5 nitrogen and oxygen atoms in total. The molecular formula is C6H9N3O2. The van der Waals surface area contributed by atoms with Gasteiger partial charge in [0.1, 0.15) is 0 Å². The second kappa shape index (κ2) is 3.05. The largest absolute Gasteiger partial charge is 0.465 e. The molecule has 1 aromatic rings. The first kappa shape index (κ1) is 7.59. The summed E-state index contributed by atoms with van der Waals surface area (Å²) in [6.07, 6.45) is 2.22. The van der Waals surface area contributed by atoms with Gasteiger partial charge in [0.25, 0.3) is 0 Å². The molecular weight excluding hydrogens is 146 g/mol. The van der Waals surface area contributed by atoms with Gasteiger partial charge in [-0.15, -0.1) is 0 Å². The van der Waals surface area contributed by atoms with Gasteiger partial charge in [0.05, 0.1) is 18.6 Å². The number of carbonyl (C=O) groups is 1. The summed E-state index contributed by atoms with van der Waals surface area (Å²) in [7, 11) is 1.81. The number of imidazole rings is 1. The van der Waals surface area contributed by atoms with E-state index in [-0.39, 0.29) is 0 Å². The number of amides is 1. The predicted molar refractivity (Wildman–Crippen MR) is 38.1 cm³/mol. The summed E-state index contributed by atoms with van der Waals surface area (Å²) in [5, 5.41) is 10.5. The lowest BCUT2D eigenvalue weighted by Crippen LogP contribution is -2.21. The first-order valence-corrected chi connectivity index (χ1v) is 3.12. The van der Waals surface area contributed by atoms with Crippen molar-refractivity contribution in [2.45, 2.75) is 6.54 Å². The lowest BCUT2D eigenvalue weighted by atomic mass is 10.5. The lowest BCUT2D eigenvalue weighted by Gasteiger charge is -2.00. The number of aromatic nitrogens is 2. The fraction of sp³-hybridized carbons (Fsp3) is 0.333. The molecule has 0 saturated heterocycles. The Morgan fingerprint density at radius 1 is 1.91 bits per heavy atom. The molecule has 0 aliphatic rings. The van der Waals surface area contributed by atoms with Crippen molar-refractivity contribution in [1.29, 1.82) is 0 Å². The standard InChI is InChI=1S/C6H9N3O2/c1-9-4-7-2-5(9)3-8-6(10)11/h2,4,8H,3H2,1H3,(H,10,11). The highest BCUT2D eigenvalue weighted by molar-refractivity contribution is 5.64. The Balaban J connectivity index is 2.51. The Morgan fingerprint density at radius 2 is 2.64 bits per heavy atom. The molecule has 0 spiro atoms. The minimum atomic E-state index is -1.02. The van der Waals surface area contributed by atoms with Crippen molar-refractivity contribution in [3.05, 3.63) is 18.2 Å². The van der Waals surface area contributed by atoms with E-state index in [0.29, 0.717) is 6.54 Å². The molecule has 0 unspecified atom stereocenters. The van der Waals surface area contributed by atoms with E-state index < -0.39 is 6.09 Å². The van der Waals surface area contributed by atoms with Crippen molar-refractivity contribution >= 4 is 6.09 Å². The quantitative estimate of drug-likeness (QED) is 0.640. The van der Waals surface area contributed by atoms with Crippen LogP contribution in [0.4, 0.5) is 4.79 Å². The first-order chi connectivity index (χ1) is 5.20. The van der Waals surface area contributed by atoms with Crippen LogP contribution < -0.4 is 5.32 Å². The molecule has 0 atom stereocenters. The van der Waals surface area contributed by atoms with E-state index in [1.165, 1.54) is 0 Å². The van der Waals surface area contributed by atoms with Crippen LogP contribution in [0.2, 0.25) is 0 Å². The van der Waals surface area contributed by atoms with Crippen LogP contribution in [-0.4, -0.2) is 20.8 Å². The molecule has 1 aromatic heterocycles. The number of hydrogen-bond donors (Lipinski definition) is 2. The van der Waals surface area contributed by atoms with Crippen LogP contribution in [0.1, 0.15) is 5.69 Å². The molecule has 0 aliphatic carbocycles. The third-order valence-electron chi connectivity index (χ3n) is 1.34. The second-order valence-corrected chi connectivity index (χ2v) is 2.15. The van der Waals surface area contributed by atoms with Gasteiger partial charge in [0, 0.05) is 13.2 Å². The molecule has 60 valence electrons. The molecule has 0 aliphatic heterocycles. The molecule has 0 fully saturated rings. The van der Waals surface area contributed by atoms with Crippen LogP contribution in [0.3, 0.4) is 0 Å². The SMILES string of the molecule is Cn1cncc1CNC(=O)O. The van der Waals surface area contributed by atoms with E-state index in [2.05, 4.69) is 10.3 Å². The maximum absolute atomic E-state index is 10.1. The smallest absolute Gasteiger partial charge is 0.404 e. The van der Waals surface area contributed by atoms with Crippen molar-refractivity contribution in [2.75, 3.05) is 0 Å². The fourth-order valence-corrected chi connectivity index (χ4v) is 0.721. The summed E-state index contributed by atoms with van der Waals surface area (Å²) in [6, 6.07) is 0. The number of nitrogens with zero attached hydrogens (tertiary/aromatic N) is 2. The van der Waals surface area contributed by atoms with Gasteiger partial charge < -0.3 is 15.0 Å². The normalized spacial score (nSPS) is 9.55. The van der Waals surface area contributed by atoms with Crippen molar-refractivity contribution < 1.29 is 9.90 Å². The monoisotopic (exact) mass is 155 g/mol. The zero-order valence-corrected chi connectivity index (χ0v) is 6.11. The number of aryl methyl sites for hydroxylation is 1. The number of nitrogens with one attached hydrogen (secondary N) is 1. The minimum absolute atomic E-state index is 0.297. The Labute approximate surface area is 63.7 Å². The van der Waals surface area contributed by atoms with Gasteiger partial charge >= 0.3 is 6.09 Å². The van der Waals surface area contributed by atoms with Crippen molar-refractivity contribution in [1.82, 2.24) is 14.9 Å². The van der Waals surface area contributed by atoms with Crippen LogP contribution >= 0.6 is 0 Å². The van der Waals surface area contributed by atoms with Gasteiger partial charge in [0.15, 0.2) is 0 Å². The summed E-state index contributed by atoms with van der Waals surface area (Å²) in [5.41, 5.74) is 0.840. The first-order valence-electron chi connectivity index (χ1n) is 3.12. The van der Waals surface area contributed by atoms with Gasteiger partial charge in [-0.3, -0.25) is 0 Å². The van der Waals surface area contributed by atoms with Gasteiger partial charge in [-0.05, 0) is 0 Å². The Bertz CT molecular complexity index is 256. The van der Waals surface area contributed by atoms with Crippen LogP contribution in [0.25, 0.3) is 0 Å². The van der Waals surface area contributed by atoms with E-state index in [9.17, 15) is 4.79 Å². The highest BCUT2D eigenvalue weighted by atomic mass is 16.4. The van der Waals surface area contributed by atoms with E-state index in [0.717, 1.165) is 5.69 Å². The molecule has 0 bridgehead atoms. The lowest BCUT2D eigenvalue weighted by molar-refractivity contribution is 0.193. The average molecular weight is 155 g/mol. The summed E-state index contributed by atoms with van der Waals surface area (Å²) < 4.78 is 1.76. The molecule has 2 N–H and O–H groups in total. The summed E-state index contributed by atoms with van der Waals surface area (Å²) in [5.74, 6) is 0.